The van der Waals surface area contributed by atoms with Crippen molar-refractivity contribution >= 4 is 63.8 Å². The number of anilines is 1. The molecule has 1 fully saturated rings. The molecule has 3 aliphatic rings. The highest BCUT2D eigenvalue weighted by Crippen LogP contribution is 2.66. The molecule has 2 aliphatic heterocycles. The van der Waals surface area contributed by atoms with Crippen LogP contribution >= 0.6 is 23.5 Å². The molecule has 3 amide bonds. The van der Waals surface area contributed by atoms with Crippen molar-refractivity contribution in [2.45, 2.75) is 59.1 Å². The van der Waals surface area contributed by atoms with Crippen LogP contribution in [0.5, 0.6) is 5.75 Å². The number of carbonyl (C=O) groups is 4. The van der Waals surface area contributed by atoms with Crippen molar-refractivity contribution < 1.29 is 94.1 Å². The van der Waals surface area contributed by atoms with E-state index < -0.39 is 90.2 Å². The summed E-state index contributed by atoms with van der Waals surface area (Å²) in [5.74, 6) is 2.94. The van der Waals surface area contributed by atoms with Crippen LogP contribution in [-0.4, -0.2) is 136 Å². The van der Waals surface area contributed by atoms with Gasteiger partial charge in [0, 0.05) is 82.7 Å². The van der Waals surface area contributed by atoms with Crippen LogP contribution in [0.1, 0.15) is 80.7 Å². The Morgan fingerprint density at radius 3 is 2.33 bits per heavy atom. The van der Waals surface area contributed by atoms with Gasteiger partial charge in [0.2, 0.25) is 5.91 Å². The van der Waals surface area contributed by atoms with Crippen molar-refractivity contribution in [2.75, 3.05) is 71.1 Å². The zero-order chi connectivity index (χ0) is 64.6. The van der Waals surface area contributed by atoms with Gasteiger partial charge in [0.1, 0.15) is 42.1 Å². The van der Waals surface area contributed by atoms with E-state index in [1.807, 2.05) is 52.0 Å². The molecule has 0 saturated carbocycles. The summed E-state index contributed by atoms with van der Waals surface area (Å²) >= 11 is 0. The zero-order valence-corrected chi connectivity index (χ0v) is 50.6. The molecular formula is C54H61N10O22P3. The maximum atomic E-state index is 13.7. The molecular weight excluding hydrogens is 1230 g/mol. The lowest BCUT2D eigenvalue weighted by molar-refractivity contribution is -0.126. The lowest BCUT2D eigenvalue weighted by Crippen LogP contribution is -2.34. The molecule has 35 heteroatoms. The van der Waals surface area contributed by atoms with E-state index in [9.17, 15) is 57.4 Å². The summed E-state index contributed by atoms with van der Waals surface area (Å²) in [5.41, 5.74) is 12.1. The van der Waals surface area contributed by atoms with Crippen molar-refractivity contribution in [3.63, 3.8) is 0 Å². The van der Waals surface area contributed by atoms with E-state index in [2.05, 4.69) is 66.3 Å². The maximum Gasteiger partial charge on any atom is 0.490 e. The Morgan fingerprint density at radius 2 is 1.63 bits per heavy atom. The minimum absolute atomic E-state index is 0.00119. The highest BCUT2D eigenvalue weighted by atomic mass is 31.3. The number of ether oxygens (including phenoxy) is 4. The van der Waals surface area contributed by atoms with E-state index in [-0.39, 0.29) is 80.3 Å². The van der Waals surface area contributed by atoms with Gasteiger partial charge in [-0.05, 0) is 111 Å². The van der Waals surface area contributed by atoms with Gasteiger partial charge in [0.05, 0.1) is 43.4 Å². The lowest BCUT2D eigenvalue weighted by Gasteiger charge is -2.20. The Bertz CT molecular complexity index is 4080. The predicted molar refractivity (Wildman–Crippen MR) is 315 cm³/mol. The number of amides is 3. The third-order valence-electron chi connectivity index (χ3n) is 12.8. The van der Waals surface area contributed by atoms with Gasteiger partial charge in [-0.1, -0.05) is 23.0 Å². The van der Waals surface area contributed by atoms with Crippen LogP contribution in [0.15, 0.2) is 97.0 Å². The van der Waals surface area contributed by atoms with Crippen LogP contribution in [0.3, 0.4) is 0 Å². The summed E-state index contributed by atoms with van der Waals surface area (Å²) in [4.78, 5) is 123. The van der Waals surface area contributed by atoms with Gasteiger partial charge < -0.3 is 69.3 Å². The second-order valence-electron chi connectivity index (χ2n) is 19.2. The highest BCUT2D eigenvalue weighted by molar-refractivity contribution is 7.66. The molecule has 1 aliphatic carbocycles. The van der Waals surface area contributed by atoms with Gasteiger partial charge >= 0.3 is 35.1 Å². The number of benzene rings is 4. The van der Waals surface area contributed by atoms with Crippen molar-refractivity contribution in [1.82, 2.24) is 25.5 Å². The first-order valence-electron chi connectivity index (χ1n) is 27.0. The number of hydrogen-bond donors (Lipinski definition) is 10. The molecule has 32 nitrogen and oxygen atoms in total. The Kier molecular flexibility index (Phi) is 23.5. The first-order chi connectivity index (χ1) is 42.3. The second-order valence-corrected chi connectivity index (χ2v) is 23.7. The average Bonchev–Trinajstić information content (AvgIpc) is 1.13. The molecule has 4 aromatic rings. The summed E-state index contributed by atoms with van der Waals surface area (Å²) < 4.78 is 76.1. The molecule has 10 N–H and O–H groups in total. The molecule has 89 heavy (non-hydrogen) atoms. The minimum Gasteiger partial charge on any atom is -0.491 e. The van der Waals surface area contributed by atoms with E-state index in [4.69, 9.17) is 38.7 Å². The summed E-state index contributed by atoms with van der Waals surface area (Å²) in [5, 5.41) is 26.7. The van der Waals surface area contributed by atoms with Crippen molar-refractivity contribution in [1.29, 1.82) is 0 Å². The number of aromatic nitrogens is 2. The fraction of sp³-hybridized carbons (Fsp3) is 0.352. The van der Waals surface area contributed by atoms with E-state index >= 15 is 0 Å². The van der Waals surface area contributed by atoms with Gasteiger partial charge in [-0.25, -0.2) is 23.3 Å². The smallest absolute Gasteiger partial charge is 0.490 e. The number of nitrogens with zero attached hydrogens (tertiary/aromatic N) is 5. The number of aryl methyl sites for hydroxylation is 2. The number of aromatic carboxylic acids is 1. The molecule has 474 valence electrons. The van der Waals surface area contributed by atoms with Gasteiger partial charge in [0.25, 0.3) is 17.4 Å². The maximum absolute atomic E-state index is 13.7. The van der Waals surface area contributed by atoms with Crippen molar-refractivity contribution in [3.05, 3.63) is 143 Å². The standard InChI is InChI=1S/C54H61N10O22P3/c1-5-56-42-25-44-40(21-31(42)3)49(41-22-32(4)43(57-6-2)26-45(41)84-44)39-24-34(12-14-38(39)53(69)70)51(67)60-18-17-59-50(66)33-9-7-11-36(23-33)81-30-47(62-63-55)80-20-19-79-29-46(65)58-16-8-10-35-27-64(54(71)61-52(35)68)48-15-13-37(83-48)28-82-88(75,76)86-89(77,78)85-87(72,73)74/h7,9,11-12,14,21-27,37,47-48,56H,5-6,13,15-20,28-30H2,1-4H3,(H,58,65)(H,59,66)(H,60,67)(H,69,70)(H,75,76)(H,77,78)(H,61,68,71)(H2,72,73,74)/t37-,47?,48+/m0/s1. The van der Waals surface area contributed by atoms with Crippen molar-refractivity contribution in [2.24, 2.45) is 10.1 Å². The molecule has 1 saturated heterocycles. The Balaban J connectivity index is 0.845. The van der Waals surface area contributed by atoms with Crippen LogP contribution in [0.4, 0.5) is 5.69 Å². The number of phosphoric acid groups is 3. The molecule has 0 radical (unpaired) electrons. The fourth-order valence-corrected chi connectivity index (χ4v) is 12.0. The monoisotopic (exact) mass is 1290 g/mol. The van der Waals surface area contributed by atoms with Crippen LogP contribution in [0.2, 0.25) is 0 Å². The normalized spacial score (nSPS) is 15.8. The van der Waals surface area contributed by atoms with E-state index in [1.54, 1.807) is 12.1 Å². The lowest BCUT2D eigenvalue weighted by atomic mass is 9.88. The molecule has 3 heterocycles. The summed E-state index contributed by atoms with van der Waals surface area (Å²) in [6, 6.07) is 18.0. The molecule has 3 unspecified atom stereocenters. The van der Waals surface area contributed by atoms with Gasteiger partial charge in [-0.2, -0.15) is 8.62 Å². The van der Waals surface area contributed by atoms with Crippen molar-refractivity contribution in [3.8, 4) is 40.0 Å². The SMILES string of the molecule is CCN=c1cc2oc3cc(NCC)c(C)cc3c(-c3cc(C(=O)NCCNC(=O)c4cccc(OCC(N=[N+]=[N-])OCCOCC(=O)NCC#Cc5cn([C@H]6CC[C@@H](COP(=O)(O)OP(=O)(O)OP(=O)(O)O)O6)c(=O)[nH]c5=O)c4)ccc3C(=O)O)c-2cc1C. The van der Waals surface area contributed by atoms with E-state index in [0.29, 0.717) is 46.5 Å². The number of nitrogens with one attached hydrogen (secondary N) is 5. The number of carboxylic acid groups (broad SMARTS) is 1. The number of phosphoric ester groups is 1. The fourth-order valence-electron chi connectivity index (χ4n) is 8.93. The Morgan fingerprint density at radius 1 is 0.888 bits per heavy atom. The number of carboxylic acids is 1. The third kappa shape index (κ3) is 19.3. The topological polar surface area (TPSA) is 462 Å². The van der Waals surface area contributed by atoms with E-state index in [0.717, 1.165) is 32.9 Å². The first-order valence-corrected chi connectivity index (χ1v) is 31.5. The first kappa shape index (κ1) is 68.2. The molecule has 1 aromatic heterocycles. The number of aromatic amines is 1. The largest absolute Gasteiger partial charge is 0.491 e. The predicted octanol–water partition coefficient (Wildman–Crippen LogP) is 5.12. The number of carbonyl (C=O) groups excluding carboxylic acids is 3. The molecule has 3 aromatic carbocycles. The van der Waals surface area contributed by atoms with Gasteiger partial charge in [-0.3, -0.25) is 38.2 Å². The second kappa shape index (κ2) is 30.7. The molecule has 7 rings (SSSR count). The summed E-state index contributed by atoms with van der Waals surface area (Å²) in [6.07, 6.45) is -1.97. The number of H-pyrrole nitrogens is 1. The highest BCUT2D eigenvalue weighted by Gasteiger charge is 2.42. The van der Waals surface area contributed by atoms with Crippen LogP contribution in [-0.2, 0) is 45.8 Å². The third-order valence-corrected chi connectivity index (χ3v) is 16.6. The number of azide groups is 1. The van der Waals surface area contributed by atoms with E-state index in [1.165, 1.54) is 30.3 Å². The summed E-state index contributed by atoms with van der Waals surface area (Å²) in [6.45, 7) is 6.89. The van der Waals surface area contributed by atoms with Gasteiger partial charge in [-0.15, -0.1) is 0 Å². The minimum atomic E-state index is -5.75. The zero-order valence-electron chi connectivity index (χ0n) is 47.9. The van der Waals surface area contributed by atoms with Crippen LogP contribution in [0.25, 0.3) is 43.9 Å². The number of fused-ring (bicyclic) bond motifs is 2. The van der Waals surface area contributed by atoms with Crippen LogP contribution in [0, 0.1) is 25.7 Å². The Labute approximate surface area is 505 Å². The molecule has 0 spiro atoms. The number of hydrogen-bond acceptors (Lipinski definition) is 20. The molecule has 0 bridgehead atoms. The van der Waals surface area contributed by atoms with Gasteiger partial charge in [0.15, 0.2) is 6.23 Å². The summed E-state index contributed by atoms with van der Waals surface area (Å²) in [7, 11) is -16.8. The number of rotatable bonds is 29. The Hall–Kier alpha value is -8.33. The quantitative estimate of drug-likeness (QED) is 0.00554. The average molecular weight is 1300 g/mol. The van der Waals surface area contributed by atoms with Crippen LogP contribution < -0.4 is 42.6 Å². The molecule has 5 atom stereocenters.